The van der Waals surface area contributed by atoms with Gasteiger partial charge in [-0.1, -0.05) is 6.92 Å². The highest BCUT2D eigenvalue weighted by Crippen LogP contribution is 2.20. The molecule has 1 aliphatic heterocycles. The molecule has 0 aromatic heterocycles. The third-order valence-corrected chi connectivity index (χ3v) is 3.44. The van der Waals surface area contributed by atoms with E-state index in [1.807, 2.05) is 6.92 Å². The van der Waals surface area contributed by atoms with Crippen LogP contribution in [0.5, 0.6) is 0 Å². The lowest BCUT2D eigenvalue weighted by Crippen LogP contribution is -2.60. The first-order chi connectivity index (χ1) is 7.34. The van der Waals surface area contributed by atoms with Crippen LogP contribution in [0, 0.1) is 0 Å². The van der Waals surface area contributed by atoms with Gasteiger partial charge in [0, 0.05) is 0 Å². The van der Waals surface area contributed by atoms with E-state index in [1.165, 1.54) is 6.92 Å². The molecule has 1 aliphatic rings. The zero-order chi connectivity index (χ0) is 12.4. The van der Waals surface area contributed by atoms with Gasteiger partial charge in [0.25, 0.3) is 0 Å². The van der Waals surface area contributed by atoms with Crippen molar-refractivity contribution < 1.29 is 14.7 Å². The third kappa shape index (κ3) is 2.35. The van der Waals surface area contributed by atoms with Gasteiger partial charge in [-0.15, -0.1) is 0 Å². The molecule has 0 aromatic rings. The number of hydrogen-bond acceptors (Lipinski definition) is 3. The number of aliphatic carboxylic acids is 1. The molecule has 0 bridgehead atoms. The van der Waals surface area contributed by atoms with Gasteiger partial charge in [0.1, 0.15) is 5.54 Å². The summed E-state index contributed by atoms with van der Waals surface area (Å²) in [6, 6.07) is 0. The molecule has 0 saturated carbocycles. The van der Waals surface area contributed by atoms with Gasteiger partial charge in [-0.2, -0.15) is 0 Å². The molecule has 5 heteroatoms. The Hall–Kier alpha value is -1.10. The zero-order valence-electron chi connectivity index (χ0n) is 10.1. The molecule has 0 spiro atoms. The zero-order valence-corrected chi connectivity index (χ0v) is 10.1. The van der Waals surface area contributed by atoms with Gasteiger partial charge in [0.15, 0.2) is 0 Å². The van der Waals surface area contributed by atoms with Crippen LogP contribution in [-0.4, -0.2) is 34.6 Å². The molecule has 1 amide bonds. The number of carbonyl (C=O) groups excluding carboxylic acids is 1. The Bertz CT molecular complexity index is 298. The van der Waals surface area contributed by atoms with E-state index in [-0.39, 0.29) is 5.91 Å². The second-order valence-electron chi connectivity index (χ2n) is 4.81. The van der Waals surface area contributed by atoms with Gasteiger partial charge in [-0.25, -0.2) is 4.79 Å². The summed E-state index contributed by atoms with van der Waals surface area (Å²) in [6.45, 7) is 5.90. The molecule has 5 nitrogen and oxygen atoms in total. The summed E-state index contributed by atoms with van der Waals surface area (Å²) >= 11 is 0. The lowest BCUT2D eigenvalue weighted by atomic mass is 9.94. The normalized spacial score (nSPS) is 28.4. The average Bonchev–Trinajstić information content (AvgIpc) is 2.66. The molecule has 1 saturated heterocycles. The van der Waals surface area contributed by atoms with E-state index >= 15 is 0 Å². The van der Waals surface area contributed by atoms with Crippen molar-refractivity contribution in [1.82, 2.24) is 10.6 Å². The Morgan fingerprint density at radius 3 is 2.56 bits per heavy atom. The van der Waals surface area contributed by atoms with E-state index in [9.17, 15) is 9.59 Å². The Kier molecular flexibility index (Phi) is 3.57. The molecule has 0 aromatic carbocycles. The van der Waals surface area contributed by atoms with Crippen LogP contribution in [0.15, 0.2) is 0 Å². The summed E-state index contributed by atoms with van der Waals surface area (Å²) in [6.07, 6.45) is 2.06. The Labute approximate surface area is 95.6 Å². The largest absolute Gasteiger partial charge is 0.480 e. The average molecular weight is 228 g/mol. The summed E-state index contributed by atoms with van der Waals surface area (Å²) < 4.78 is 0. The van der Waals surface area contributed by atoms with E-state index in [4.69, 9.17) is 5.11 Å². The summed E-state index contributed by atoms with van der Waals surface area (Å²) in [5.74, 6) is -1.22. The highest BCUT2D eigenvalue weighted by molar-refractivity contribution is 5.91. The summed E-state index contributed by atoms with van der Waals surface area (Å²) in [7, 11) is 0. The molecule has 1 fully saturated rings. The second kappa shape index (κ2) is 4.41. The second-order valence-corrected chi connectivity index (χ2v) is 4.81. The number of carboxylic acids is 1. The first-order valence-electron chi connectivity index (χ1n) is 5.65. The van der Waals surface area contributed by atoms with E-state index in [0.717, 1.165) is 19.4 Å². The molecule has 2 atom stereocenters. The fourth-order valence-corrected chi connectivity index (χ4v) is 1.77. The number of nitrogens with one attached hydrogen (secondary N) is 2. The predicted octanol–water partition coefficient (Wildman–Crippen LogP) is 0.498. The summed E-state index contributed by atoms with van der Waals surface area (Å²) in [5.41, 5.74) is -1.80. The van der Waals surface area contributed by atoms with Crippen molar-refractivity contribution in [2.45, 2.75) is 51.1 Å². The van der Waals surface area contributed by atoms with Crippen LogP contribution in [0.2, 0.25) is 0 Å². The lowest BCUT2D eigenvalue weighted by Gasteiger charge is -2.30. The van der Waals surface area contributed by atoms with Crippen LogP contribution in [0.25, 0.3) is 0 Å². The first kappa shape index (κ1) is 13.0. The van der Waals surface area contributed by atoms with Crippen LogP contribution in [0.4, 0.5) is 0 Å². The van der Waals surface area contributed by atoms with Crippen LogP contribution in [-0.2, 0) is 9.59 Å². The summed E-state index contributed by atoms with van der Waals surface area (Å²) in [5, 5.41) is 14.8. The number of carbonyl (C=O) groups is 2. The molecule has 1 rings (SSSR count). The number of amides is 1. The topological polar surface area (TPSA) is 78.4 Å². The highest BCUT2D eigenvalue weighted by atomic mass is 16.4. The molecule has 3 N–H and O–H groups in total. The number of hydrogen-bond donors (Lipinski definition) is 3. The van der Waals surface area contributed by atoms with Crippen LogP contribution in [0.1, 0.15) is 40.0 Å². The minimum atomic E-state index is -1.18. The SMILES string of the molecule is CCC(C)(NC(=O)C1(C)CCCN1)C(=O)O. The van der Waals surface area contributed by atoms with Gasteiger partial charge >= 0.3 is 5.97 Å². The van der Waals surface area contributed by atoms with E-state index in [1.54, 1.807) is 6.92 Å². The van der Waals surface area contributed by atoms with Crippen molar-refractivity contribution in [3.05, 3.63) is 0 Å². The van der Waals surface area contributed by atoms with E-state index in [2.05, 4.69) is 10.6 Å². The minimum Gasteiger partial charge on any atom is -0.480 e. The highest BCUT2D eigenvalue weighted by Gasteiger charge is 2.41. The van der Waals surface area contributed by atoms with Crippen molar-refractivity contribution in [3.8, 4) is 0 Å². The maximum atomic E-state index is 12.0. The van der Waals surface area contributed by atoms with Crippen LogP contribution < -0.4 is 10.6 Å². The third-order valence-electron chi connectivity index (χ3n) is 3.44. The Morgan fingerprint density at radius 2 is 2.19 bits per heavy atom. The molecular formula is C11H20N2O3. The Balaban J connectivity index is 2.73. The molecule has 0 radical (unpaired) electrons. The smallest absolute Gasteiger partial charge is 0.329 e. The van der Waals surface area contributed by atoms with Gasteiger partial charge in [0.2, 0.25) is 5.91 Å². The standard InChI is InChI=1S/C11H20N2O3/c1-4-10(2,9(15)16)13-8(14)11(3)6-5-7-12-11/h12H,4-7H2,1-3H3,(H,13,14)(H,15,16). The van der Waals surface area contributed by atoms with E-state index < -0.39 is 17.0 Å². The fourth-order valence-electron chi connectivity index (χ4n) is 1.77. The predicted molar refractivity (Wildman–Crippen MR) is 60.1 cm³/mol. The monoisotopic (exact) mass is 228 g/mol. The molecule has 0 aliphatic carbocycles. The van der Waals surface area contributed by atoms with Crippen molar-refractivity contribution >= 4 is 11.9 Å². The van der Waals surface area contributed by atoms with Gasteiger partial charge in [-0.05, 0) is 39.7 Å². The first-order valence-corrected chi connectivity index (χ1v) is 5.65. The fraction of sp³-hybridized carbons (Fsp3) is 0.818. The van der Waals surface area contributed by atoms with Crippen LogP contribution >= 0.6 is 0 Å². The lowest BCUT2D eigenvalue weighted by molar-refractivity contribution is -0.148. The van der Waals surface area contributed by atoms with Gasteiger partial charge in [-0.3, -0.25) is 4.79 Å². The maximum absolute atomic E-state index is 12.0. The molecule has 16 heavy (non-hydrogen) atoms. The number of carboxylic acid groups (broad SMARTS) is 1. The van der Waals surface area contributed by atoms with Crippen LogP contribution in [0.3, 0.4) is 0 Å². The van der Waals surface area contributed by atoms with Crippen molar-refractivity contribution in [3.63, 3.8) is 0 Å². The summed E-state index contributed by atoms with van der Waals surface area (Å²) in [4.78, 5) is 23.1. The van der Waals surface area contributed by atoms with Crippen molar-refractivity contribution in [2.75, 3.05) is 6.54 Å². The van der Waals surface area contributed by atoms with E-state index in [0.29, 0.717) is 6.42 Å². The van der Waals surface area contributed by atoms with Gasteiger partial charge in [0.05, 0.1) is 5.54 Å². The van der Waals surface area contributed by atoms with Crippen molar-refractivity contribution in [1.29, 1.82) is 0 Å². The van der Waals surface area contributed by atoms with Crippen molar-refractivity contribution in [2.24, 2.45) is 0 Å². The van der Waals surface area contributed by atoms with Gasteiger partial charge < -0.3 is 15.7 Å². The molecule has 92 valence electrons. The maximum Gasteiger partial charge on any atom is 0.329 e. The molecule has 1 heterocycles. The minimum absolute atomic E-state index is 0.225. The number of rotatable bonds is 4. The quantitative estimate of drug-likeness (QED) is 0.654. The molecule has 2 unspecified atom stereocenters. The Morgan fingerprint density at radius 1 is 1.56 bits per heavy atom. The molecular weight excluding hydrogens is 208 g/mol.